The van der Waals surface area contributed by atoms with E-state index in [1.54, 1.807) is 11.1 Å². The second kappa shape index (κ2) is 7.88. The van der Waals surface area contributed by atoms with E-state index in [1.807, 2.05) is 6.07 Å². The second-order valence-corrected chi connectivity index (χ2v) is 7.77. The zero-order chi connectivity index (χ0) is 22.2. The minimum Gasteiger partial charge on any atom is -0.356 e. The molecule has 9 nitrogen and oxygen atoms in total. The predicted molar refractivity (Wildman–Crippen MR) is 116 cm³/mol. The Morgan fingerprint density at radius 3 is 2.53 bits per heavy atom. The minimum absolute atomic E-state index is 0.155. The van der Waals surface area contributed by atoms with Crippen molar-refractivity contribution in [2.24, 2.45) is 0 Å². The molecule has 1 aromatic carbocycles. The van der Waals surface area contributed by atoms with E-state index in [1.165, 1.54) is 36.4 Å². The first-order valence-electron chi connectivity index (χ1n) is 10.2. The maximum absolute atomic E-state index is 13.2. The van der Waals surface area contributed by atoms with Crippen LogP contribution < -0.4 is 10.2 Å². The molecule has 2 aliphatic rings. The van der Waals surface area contributed by atoms with Gasteiger partial charge in [0, 0.05) is 44.0 Å². The van der Waals surface area contributed by atoms with Crippen LogP contribution in [0.1, 0.15) is 17.5 Å². The number of nitrogens with zero attached hydrogens (tertiary/aromatic N) is 5. The number of urea groups is 1. The van der Waals surface area contributed by atoms with E-state index < -0.39 is 16.8 Å². The molecule has 5 rings (SSSR count). The van der Waals surface area contributed by atoms with Crippen LogP contribution in [-0.2, 0) is 13.1 Å². The molecule has 1 fully saturated rings. The zero-order valence-electron chi connectivity index (χ0n) is 17.0. The summed E-state index contributed by atoms with van der Waals surface area (Å²) < 4.78 is 13.2. The van der Waals surface area contributed by atoms with Crippen LogP contribution in [0.3, 0.4) is 0 Å². The van der Waals surface area contributed by atoms with Gasteiger partial charge < -0.3 is 9.80 Å². The van der Waals surface area contributed by atoms with Crippen LogP contribution in [0.25, 0.3) is 11.3 Å². The summed E-state index contributed by atoms with van der Waals surface area (Å²) in [5.41, 5.74) is 2.61. The summed E-state index contributed by atoms with van der Waals surface area (Å²) in [7, 11) is 0. The van der Waals surface area contributed by atoms with E-state index in [0.29, 0.717) is 24.3 Å². The standard InChI is InChI=1S/C22H19FN6O3/c23-17-4-2-14(3-5-17)18-6-7-19(29(31)32)21(25-18)26-22(30)28-12-15-10-20(27-8-1-9-27)24-11-16(15)13-28/h2-7,10-11H,1,8-9,12-13H2,(H,25,26,30). The fraction of sp³-hybridized carbons (Fsp3) is 0.227. The van der Waals surface area contributed by atoms with Gasteiger partial charge in [0.05, 0.1) is 10.6 Å². The van der Waals surface area contributed by atoms with Crippen molar-refractivity contribution in [2.45, 2.75) is 19.5 Å². The highest BCUT2D eigenvalue weighted by Gasteiger charge is 2.28. The minimum atomic E-state index is -0.598. The summed E-state index contributed by atoms with van der Waals surface area (Å²) in [6.45, 7) is 2.71. The van der Waals surface area contributed by atoms with Crippen molar-refractivity contribution < 1.29 is 14.1 Å². The molecule has 0 radical (unpaired) electrons. The molecular weight excluding hydrogens is 415 g/mol. The third-order valence-electron chi connectivity index (χ3n) is 5.69. The van der Waals surface area contributed by atoms with Crippen LogP contribution in [0, 0.1) is 15.9 Å². The molecule has 3 aromatic rings. The highest BCUT2D eigenvalue weighted by atomic mass is 19.1. The van der Waals surface area contributed by atoms with Gasteiger partial charge in [0.25, 0.3) is 0 Å². The van der Waals surface area contributed by atoms with Gasteiger partial charge in [-0.1, -0.05) is 0 Å². The summed E-state index contributed by atoms with van der Waals surface area (Å²) in [6.07, 6.45) is 2.93. The van der Waals surface area contributed by atoms with Gasteiger partial charge >= 0.3 is 11.7 Å². The topological polar surface area (TPSA) is 104 Å². The van der Waals surface area contributed by atoms with Crippen molar-refractivity contribution in [3.8, 4) is 11.3 Å². The van der Waals surface area contributed by atoms with Crippen molar-refractivity contribution in [1.82, 2.24) is 14.9 Å². The maximum Gasteiger partial charge on any atom is 0.323 e. The number of aromatic nitrogens is 2. The first-order valence-corrected chi connectivity index (χ1v) is 10.2. The van der Waals surface area contributed by atoms with Gasteiger partial charge in [-0.2, -0.15) is 0 Å². The van der Waals surface area contributed by atoms with Crippen molar-refractivity contribution in [2.75, 3.05) is 23.3 Å². The number of nitro groups is 1. The lowest BCUT2D eigenvalue weighted by atomic mass is 10.1. The summed E-state index contributed by atoms with van der Waals surface area (Å²) >= 11 is 0. The smallest absolute Gasteiger partial charge is 0.323 e. The van der Waals surface area contributed by atoms with Gasteiger partial charge in [-0.05, 0) is 53.9 Å². The second-order valence-electron chi connectivity index (χ2n) is 7.77. The van der Waals surface area contributed by atoms with Crippen LogP contribution in [0.2, 0.25) is 0 Å². The average molecular weight is 434 g/mol. The van der Waals surface area contributed by atoms with Gasteiger partial charge in [-0.3, -0.25) is 15.4 Å². The molecule has 4 heterocycles. The van der Waals surface area contributed by atoms with E-state index in [4.69, 9.17) is 0 Å². The molecule has 0 saturated carbocycles. The zero-order valence-corrected chi connectivity index (χ0v) is 17.0. The number of rotatable bonds is 4. The molecule has 2 amide bonds. The number of nitrogens with one attached hydrogen (secondary N) is 1. The predicted octanol–water partition coefficient (Wildman–Crippen LogP) is 3.95. The Hall–Kier alpha value is -4.08. The molecule has 1 saturated heterocycles. The molecule has 0 unspecified atom stereocenters. The van der Waals surface area contributed by atoms with Gasteiger partial charge in [0.15, 0.2) is 0 Å². The van der Waals surface area contributed by atoms with Crippen molar-refractivity contribution in [3.05, 3.63) is 75.7 Å². The largest absolute Gasteiger partial charge is 0.356 e. The fourth-order valence-electron chi connectivity index (χ4n) is 3.78. The van der Waals surface area contributed by atoms with E-state index in [0.717, 1.165) is 36.5 Å². The lowest BCUT2D eigenvalue weighted by Gasteiger charge is -2.32. The number of pyridine rings is 2. The average Bonchev–Trinajstić information content (AvgIpc) is 3.16. The number of hydrogen-bond donors (Lipinski definition) is 1. The number of fused-ring (bicyclic) bond motifs is 1. The van der Waals surface area contributed by atoms with Gasteiger partial charge in [-0.25, -0.2) is 19.2 Å². The molecule has 0 spiro atoms. The Morgan fingerprint density at radius 2 is 1.84 bits per heavy atom. The third kappa shape index (κ3) is 3.70. The van der Waals surface area contributed by atoms with Crippen LogP contribution >= 0.6 is 0 Å². The number of anilines is 2. The molecule has 0 bridgehead atoms. The van der Waals surface area contributed by atoms with Gasteiger partial charge in [0.2, 0.25) is 5.82 Å². The number of halogens is 1. The lowest BCUT2D eigenvalue weighted by molar-refractivity contribution is -0.384. The Balaban J connectivity index is 1.36. The summed E-state index contributed by atoms with van der Waals surface area (Å²) in [5.74, 6) is 0.350. The number of carbonyl (C=O) groups is 1. The van der Waals surface area contributed by atoms with Crippen molar-refractivity contribution in [1.29, 1.82) is 0 Å². The molecule has 10 heteroatoms. The van der Waals surface area contributed by atoms with Crippen molar-refractivity contribution >= 4 is 23.4 Å². The Morgan fingerprint density at radius 1 is 1.09 bits per heavy atom. The molecule has 2 aromatic heterocycles. The fourth-order valence-corrected chi connectivity index (χ4v) is 3.78. The van der Waals surface area contributed by atoms with E-state index in [2.05, 4.69) is 20.2 Å². The molecule has 1 N–H and O–H groups in total. The molecule has 0 aliphatic carbocycles. The Kier molecular flexibility index (Phi) is 4.89. The molecule has 0 atom stereocenters. The SMILES string of the molecule is O=C(Nc1nc(-c2ccc(F)cc2)ccc1[N+](=O)[O-])N1Cc2cnc(N3CCC3)cc2C1. The quantitative estimate of drug-likeness (QED) is 0.493. The number of hydrogen-bond acceptors (Lipinski definition) is 6. The van der Waals surface area contributed by atoms with Crippen LogP contribution in [0.4, 0.5) is 26.5 Å². The van der Waals surface area contributed by atoms with E-state index in [9.17, 15) is 19.3 Å². The summed E-state index contributed by atoms with van der Waals surface area (Å²) in [5, 5.41) is 14.0. The Labute approximate surface area is 182 Å². The van der Waals surface area contributed by atoms with Gasteiger partial charge in [0.1, 0.15) is 11.6 Å². The van der Waals surface area contributed by atoms with Crippen LogP contribution in [-0.4, -0.2) is 38.9 Å². The maximum atomic E-state index is 13.2. The highest BCUT2D eigenvalue weighted by Crippen LogP contribution is 2.30. The third-order valence-corrected chi connectivity index (χ3v) is 5.69. The molecule has 2 aliphatic heterocycles. The number of carbonyl (C=O) groups excluding carboxylic acids is 1. The van der Waals surface area contributed by atoms with Crippen LogP contribution in [0.5, 0.6) is 0 Å². The normalized spacial score (nSPS) is 14.7. The Bertz CT molecular complexity index is 1210. The molecular formula is C22H19FN6O3. The first-order chi connectivity index (χ1) is 15.5. The monoisotopic (exact) mass is 434 g/mol. The number of benzene rings is 1. The van der Waals surface area contributed by atoms with Crippen molar-refractivity contribution in [3.63, 3.8) is 0 Å². The highest BCUT2D eigenvalue weighted by molar-refractivity contribution is 5.91. The molecule has 162 valence electrons. The van der Waals surface area contributed by atoms with E-state index in [-0.39, 0.29) is 11.5 Å². The molecule has 32 heavy (non-hydrogen) atoms. The first kappa shape index (κ1) is 19.9. The van der Waals surface area contributed by atoms with E-state index >= 15 is 0 Å². The summed E-state index contributed by atoms with van der Waals surface area (Å²) in [6, 6.07) is 9.86. The van der Waals surface area contributed by atoms with Gasteiger partial charge in [-0.15, -0.1) is 0 Å². The number of amides is 2. The van der Waals surface area contributed by atoms with Crippen LogP contribution in [0.15, 0.2) is 48.7 Å². The lowest BCUT2D eigenvalue weighted by Crippen LogP contribution is -2.37. The summed E-state index contributed by atoms with van der Waals surface area (Å²) in [4.78, 5) is 36.3.